The second kappa shape index (κ2) is 5.88. The number of carbonyl (C=O) groups is 1. The van der Waals surface area contributed by atoms with Gasteiger partial charge in [-0.25, -0.2) is 0 Å². The quantitative estimate of drug-likeness (QED) is 0.651. The Morgan fingerprint density at radius 2 is 2.47 bits per heavy atom. The Balaban J connectivity index is 2.67. The number of aliphatic hydroxyl groups is 1. The van der Waals surface area contributed by atoms with E-state index in [1.807, 2.05) is 0 Å². The highest BCUT2D eigenvalue weighted by atomic mass is 16.3. The topological polar surface area (TPSA) is 52.6 Å². The van der Waals surface area contributed by atoms with Crippen LogP contribution in [0.25, 0.3) is 0 Å². The summed E-state index contributed by atoms with van der Waals surface area (Å²) in [6, 6.07) is 0.0766. The molecule has 4 heteroatoms. The molecule has 4 nitrogen and oxygen atoms in total. The minimum atomic E-state index is -0.243. The van der Waals surface area contributed by atoms with E-state index in [1.54, 1.807) is 11.0 Å². The summed E-state index contributed by atoms with van der Waals surface area (Å²) in [5.74, 6) is 0.0771. The van der Waals surface area contributed by atoms with Crippen molar-refractivity contribution in [1.29, 1.82) is 0 Å². The van der Waals surface area contributed by atoms with Crippen molar-refractivity contribution in [2.24, 2.45) is 0 Å². The number of aliphatic hydroxyl groups excluding tert-OH is 1. The number of carbonyl (C=O) groups excluding carboxylic acids is 1. The molecule has 1 aliphatic heterocycles. The number of amides is 1. The first kappa shape index (κ1) is 12.2. The SMILES string of the molecule is C=CCN1CCC(C)NC(CCO)C1=O. The van der Waals surface area contributed by atoms with Gasteiger partial charge in [-0.15, -0.1) is 6.58 Å². The van der Waals surface area contributed by atoms with Crippen LogP contribution in [-0.2, 0) is 4.79 Å². The third-order valence-electron chi connectivity index (χ3n) is 2.69. The summed E-state index contributed by atoms with van der Waals surface area (Å²) in [6.07, 6.45) is 3.17. The second-order valence-electron chi connectivity index (χ2n) is 3.99. The van der Waals surface area contributed by atoms with Gasteiger partial charge in [0.1, 0.15) is 0 Å². The summed E-state index contributed by atoms with van der Waals surface area (Å²) in [6.45, 7) is 7.11. The van der Waals surface area contributed by atoms with E-state index in [2.05, 4.69) is 18.8 Å². The maximum atomic E-state index is 12.0. The van der Waals surface area contributed by atoms with Gasteiger partial charge in [0.2, 0.25) is 5.91 Å². The van der Waals surface area contributed by atoms with Crippen LogP contribution in [0.15, 0.2) is 12.7 Å². The number of nitrogens with zero attached hydrogens (tertiary/aromatic N) is 1. The van der Waals surface area contributed by atoms with E-state index in [4.69, 9.17) is 5.11 Å². The molecule has 2 unspecified atom stereocenters. The molecule has 1 amide bonds. The average molecular weight is 212 g/mol. The zero-order valence-corrected chi connectivity index (χ0v) is 9.28. The maximum Gasteiger partial charge on any atom is 0.240 e. The standard InChI is InChI=1S/C11H20N2O2/c1-3-6-13-7-4-9(2)12-10(5-8-14)11(13)15/h3,9-10,12,14H,1,4-8H2,2H3. The number of nitrogens with one attached hydrogen (secondary N) is 1. The molecule has 0 aromatic heterocycles. The average Bonchev–Trinajstić information content (AvgIpc) is 2.33. The maximum absolute atomic E-state index is 12.0. The van der Waals surface area contributed by atoms with Crippen molar-refractivity contribution in [1.82, 2.24) is 10.2 Å². The highest BCUT2D eigenvalue weighted by molar-refractivity contribution is 5.82. The van der Waals surface area contributed by atoms with Gasteiger partial charge >= 0.3 is 0 Å². The molecule has 0 aromatic carbocycles. The fraction of sp³-hybridized carbons (Fsp3) is 0.727. The van der Waals surface area contributed by atoms with Crippen LogP contribution in [0.5, 0.6) is 0 Å². The first-order valence-electron chi connectivity index (χ1n) is 5.45. The minimum absolute atomic E-state index is 0.0397. The van der Waals surface area contributed by atoms with Crippen LogP contribution in [0.3, 0.4) is 0 Å². The molecule has 1 aliphatic rings. The zero-order chi connectivity index (χ0) is 11.3. The number of rotatable bonds is 4. The van der Waals surface area contributed by atoms with Crippen LogP contribution in [-0.4, -0.2) is 47.7 Å². The summed E-state index contributed by atoms with van der Waals surface area (Å²) >= 11 is 0. The molecule has 1 fully saturated rings. The Kier molecular flexibility index (Phi) is 4.78. The largest absolute Gasteiger partial charge is 0.396 e. The van der Waals surface area contributed by atoms with Crippen LogP contribution in [0.1, 0.15) is 19.8 Å². The van der Waals surface area contributed by atoms with E-state index in [-0.39, 0.29) is 18.6 Å². The fourth-order valence-corrected chi connectivity index (χ4v) is 1.85. The van der Waals surface area contributed by atoms with Crippen LogP contribution >= 0.6 is 0 Å². The third-order valence-corrected chi connectivity index (χ3v) is 2.69. The van der Waals surface area contributed by atoms with Crippen molar-refractivity contribution in [3.8, 4) is 0 Å². The number of hydrogen-bond donors (Lipinski definition) is 2. The fourth-order valence-electron chi connectivity index (χ4n) is 1.85. The van der Waals surface area contributed by atoms with Gasteiger partial charge in [0.15, 0.2) is 0 Å². The van der Waals surface area contributed by atoms with Crippen LogP contribution in [0.4, 0.5) is 0 Å². The molecule has 0 bridgehead atoms. The van der Waals surface area contributed by atoms with Crippen molar-refractivity contribution in [2.75, 3.05) is 19.7 Å². The predicted octanol–water partition coefficient (Wildman–Crippen LogP) is 0.134. The van der Waals surface area contributed by atoms with Gasteiger partial charge in [0.25, 0.3) is 0 Å². The monoisotopic (exact) mass is 212 g/mol. The predicted molar refractivity (Wildman–Crippen MR) is 59.5 cm³/mol. The van der Waals surface area contributed by atoms with Crippen LogP contribution < -0.4 is 5.32 Å². The molecule has 0 radical (unpaired) electrons. The third kappa shape index (κ3) is 3.32. The molecule has 0 saturated carbocycles. The molecular weight excluding hydrogens is 192 g/mol. The van der Waals surface area contributed by atoms with E-state index in [9.17, 15) is 4.79 Å². The van der Waals surface area contributed by atoms with Crippen molar-refractivity contribution < 1.29 is 9.90 Å². The van der Waals surface area contributed by atoms with Crippen molar-refractivity contribution in [3.05, 3.63) is 12.7 Å². The molecule has 2 atom stereocenters. The highest BCUT2D eigenvalue weighted by Gasteiger charge is 2.27. The van der Waals surface area contributed by atoms with Gasteiger partial charge in [-0.1, -0.05) is 6.08 Å². The smallest absolute Gasteiger partial charge is 0.240 e. The molecular formula is C11H20N2O2. The van der Waals surface area contributed by atoms with Gasteiger partial charge in [0, 0.05) is 25.7 Å². The Labute approximate surface area is 91.0 Å². The van der Waals surface area contributed by atoms with E-state index >= 15 is 0 Å². The Morgan fingerprint density at radius 3 is 3.07 bits per heavy atom. The van der Waals surface area contributed by atoms with E-state index < -0.39 is 0 Å². The number of hydrogen-bond acceptors (Lipinski definition) is 3. The van der Waals surface area contributed by atoms with Gasteiger partial charge in [-0.2, -0.15) is 0 Å². The van der Waals surface area contributed by atoms with Gasteiger partial charge in [0.05, 0.1) is 6.04 Å². The first-order valence-corrected chi connectivity index (χ1v) is 5.45. The zero-order valence-electron chi connectivity index (χ0n) is 9.28. The van der Waals surface area contributed by atoms with E-state index in [0.29, 0.717) is 19.0 Å². The molecule has 1 rings (SSSR count). The summed E-state index contributed by atoms with van der Waals surface area (Å²) in [4.78, 5) is 13.8. The molecule has 15 heavy (non-hydrogen) atoms. The summed E-state index contributed by atoms with van der Waals surface area (Å²) in [5, 5.41) is 12.1. The van der Waals surface area contributed by atoms with Gasteiger partial charge in [-0.05, 0) is 19.8 Å². The lowest BCUT2D eigenvalue weighted by Gasteiger charge is -2.22. The van der Waals surface area contributed by atoms with Gasteiger partial charge < -0.3 is 15.3 Å². The lowest BCUT2D eigenvalue weighted by molar-refractivity contribution is -0.132. The van der Waals surface area contributed by atoms with E-state index in [1.165, 1.54) is 0 Å². The van der Waals surface area contributed by atoms with Crippen molar-refractivity contribution >= 4 is 5.91 Å². The summed E-state index contributed by atoms with van der Waals surface area (Å²) in [5.41, 5.74) is 0. The second-order valence-corrected chi connectivity index (χ2v) is 3.99. The van der Waals surface area contributed by atoms with Crippen LogP contribution in [0, 0.1) is 0 Å². The lowest BCUT2D eigenvalue weighted by Crippen LogP contribution is -2.45. The van der Waals surface area contributed by atoms with Gasteiger partial charge in [-0.3, -0.25) is 4.79 Å². The Bertz CT molecular complexity index is 231. The minimum Gasteiger partial charge on any atom is -0.396 e. The van der Waals surface area contributed by atoms with E-state index in [0.717, 1.165) is 13.0 Å². The molecule has 1 heterocycles. The van der Waals surface area contributed by atoms with Crippen molar-refractivity contribution in [3.63, 3.8) is 0 Å². The Morgan fingerprint density at radius 1 is 1.73 bits per heavy atom. The summed E-state index contributed by atoms with van der Waals surface area (Å²) in [7, 11) is 0. The van der Waals surface area contributed by atoms with Crippen molar-refractivity contribution in [2.45, 2.75) is 31.8 Å². The Hall–Kier alpha value is -0.870. The summed E-state index contributed by atoms with van der Waals surface area (Å²) < 4.78 is 0. The normalized spacial score (nSPS) is 27.6. The highest BCUT2D eigenvalue weighted by Crippen LogP contribution is 2.09. The first-order chi connectivity index (χ1) is 7.19. The lowest BCUT2D eigenvalue weighted by atomic mass is 10.1. The molecule has 2 N–H and O–H groups in total. The molecule has 86 valence electrons. The molecule has 0 spiro atoms. The molecule has 1 saturated heterocycles. The van der Waals surface area contributed by atoms with Crippen LogP contribution in [0.2, 0.25) is 0 Å². The molecule has 0 aromatic rings. The molecule has 0 aliphatic carbocycles.